The van der Waals surface area contributed by atoms with Gasteiger partial charge in [-0.3, -0.25) is 9.69 Å². The van der Waals surface area contributed by atoms with E-state index >= 15 is 0 Å². The Morgan fingerprint density at radius 2 is 1.85 bits per heavy atom. The molecule has 1 saturated heterocycles. The number of aromatic nitrogens is 1. The first-order valence-electron chi connectivity index (χ1n) is 15.7. The van der Waals surface area contributed by atoms with Crippen LogP contribution in [0.1, 0.15) is 40.0 Å². The van der Waals surface area contributed by atoms with Crippen LogP contribution in [0.2, 0.25) is 0 Å². The van der Waals surface area contributed by atoms with Gasteiger partial charge < -0.3 is 19.5 Å². The van der Waals surface area contributed by atoms with E-state index in [9.17, 15) is 22.8 Å². The molecule has 2 N–H and O–H groups in total. The topological polar surface area (TPSA) is 153 Å². The molecule has 0 spiro atoms. The number of nitrogens with one attached hydrogen (secondary N) is 2. The van der Waals surface area contributed by atoms with E-state index in [4.69, 9.17) is 19.2 Å². The lowest BCUT2D eigenvalue weighted by molar-refractivity contribution is -0.126. The van der Waals surface area contributed by atoms with Crippen molar-refractivity contribution in [3.05, 3.63) is 72.8 Å². The van der Waals surface area contributed by atoms with Gasteiger partial charge in [0.1, 0.15) is 40.9 Å². The summed E-state index contributed by atoms with van der Waals surface area (Å²) in [4.78, 5) is 45.5. The van der Waals surface area contributed by atoms with Crippen LogP contribution in [0.3, 0.4) is 0 Å². The van der Waals surface area contributed by atoms with E-state index in [0.29, 0.717) is 40.9 Å². The molecule has 3 aliphatic rings. The molecule has 3 aromatic rings. The summed E-state index contributed by atoms with van der Waals surface area (Å²) < 4.78 is 46.1. The maximum atomic E-state index is 14.0. The summed E-state index contributed by atoms with van der Waals surface area (Å²) >= 11 is 0. The third-order valence-corrected chi connectivity index (χ3v) is 10.5. The molecule has 2 heterocycles. The standard InChI is InChI=1S/C35H38N4O8S/c1-6-26-27(20-40)35(26,38-48(43,44)24-13-14-24)37-32(41)30-17-23(19-39(30)33(42)47-34(2,3)4)46-31-18-28(21-10-8-7-9-11-21)36-29-16-22(45-5)12-15-25(29)31/h6-12,15-16,18,23-24,26,30,38H,1,13-14,17,19H2,2-5H3,(H,37,41)/t23-,26+,30+,35-/m1/s1. The van der Waals surface area contributed by atoms with E-state index in [-0.39, 0.29) is 18.5 Å². The van der Waals surface area contributed by atoms with Crippen molar-refractivity contribution in [2.45, 2.75) is 68.7 Å². The summed E-state index contributed by atoms with van der Waals surface area (Å²) in [6.45, 7) is 8.86. The number of amides is 2. The summed E-state index contributed by atoms with van der Waals surface area (Å²) in [5, 5.41) is 2.82. The lowest BCUT2D eigenvalue weighted by Crippen LogP contribution is -2.57. The molecule has 1 aromatic heterocycles. The van der Waals surface area contributed by atoms with Gasteiger partial charge in [0.25, 0.3) is 0 Å². The van der Waals surface area contributed by atoms with Crippen LogP contribution in [0.15, 0.2) is 72.8 Å². The van der Waals surface area contributed by atoms with Gasteiger partial charge in [-0.05, 0) is 45.7 Å². The molecule has 252 valence electrons. The van der Waals surface area contributed by atoms with Crippen LogP contribution in [-0.2, 0) is 24.3 Å². The average Bonchev–Trinajstić information content (AvgIpc) is 3.95. The van der Waals surface area contributed by atoms with Crippen LogP contribution in [0.5, 0.6) is 11.5 Å². The van der Waals surface area contributed by atoms with Gasteiger partial charge in [-0.2, -0.15) is 4.72 Å². The number of pyridine rings is 1. The van der Waals surface area contributed by atoms with Gasteiger partial charge >= 0.3 is 6.09 Å². The molecular weight excluding hydrogens is 636 g/mol. The number of ether oxygens (including phenoxy) is 3. The van der Waals surface area contributed by atoms with Gasteiger partial charge in [-0.1, -0.05) is 36.4 Å². The monoisotopic (exact) mass is 674 g/mol. The van der Waals surface area contributed by atoms with Crippen LogP contribution < -0.4 is 19.5 Å². The van der Waals surface area contributed by atoms with Crippen LogP contribution in [0, 0.1) is 5.92 Å². The second-order valence-electron chi connectivity index (χ2n) is 13.3. The first-order valence-corrected chi connectivity index (χ1v) is 17.3. The molecule has 2 aromatic carbocycles. The van der Waals surface area contributed by atoms with E-state index in [1.54, 1.807) is 46.0 Å². The van der Waals surface area contributed by atoms with Gasteiger partial charge in [0.2, 0.25) is 15.9 Å². The Hall–Kier alpha value is -4.71. The molecule has 2 aliphatic carbocycles. The van der Waals surface area contributed by atoms with Gasteiger partial charge in [0.15, 0.2) is 0 Å². The van der Waals surface area contributed by atoms with Crippen molar-refractivity contribution in [3.63, 3.8) is 0 Å². The van der Waals surface area contributed by atoms with E-state index in [1.165, 1.54) is 11.0 Å². The zero-order chi connectivity index (χ0) is 34.4. The minimum atomic E-state index is -3.85. The summed E-state index contributed by atoms with van der Waals surface area (Å²) in [7, 11) is -2.28. The fraction of sp³-hybridized carbons (Fsp3) is 0.400. The zero-order valence-electron chi connectivity index (χ0n) is 27.2. The molecule has 48 heavy (non-hydrogen) atoms. The number of likely N-dealkylation sites (tertiary alicyclic amines) is 1. The second-order valence-corrected chi connectivity index (χ2v) is 15.2. The van der Waals surface area contributed by atoms with Gasteiger partial charge in [-0.25, -0.2) is 23.0 Å². The van der Waals surface area contributed by atoms with E-state index in [1.807, 2.05) is 42.5 Å². The maximum Gasteiger partial charge on any atom is 0.411 e. The molecule has 3 fully saturated rings. The van der Waals surface area contributed by atoms with Crippen molar-refractivity contribution in [1.29, 1.82) is 0 Å². The number of fused-ring (bicyclic) bond motifs is 1. The largest absolute Gasteiger partial charge is 0.497 e. The Balaban J connectivity index is 1.32. The van der Waals surface area contributed by atoms with Crippen LogP contribution >= 0.6 is 0 Å². The van der Waals surface area contributed by atoms with Crippen molar-refractivity contribution >= 4 is 38.9 Å². The molecular formula is C35H38N4O8S. The number of hydrogen-bond donors (Lipinski definition) is 2. The molecule has 0 bridgehead atoms. The van der Waals surface area contributed by atoms with Crippen molar-refractivity contribution in [3.8, 4) is 22.8 Å². The Labute approximate surface area is 279 Å². The lowest BCUT2D eigenvalue weighted by Gasteiger charge is -2.29. The Morgan fingerprint density at radius 1 is 1.12 bits per heavy atom. The van der Waals surface area contributed by atoms with Crippen LogP contribution in [0.25, 0.3) is 22.2 Å². The van der Waals surface area contributed by atoms with Crippen LogP contribution in [0.4, 0.5) is 4.79 Å². The highest BCUT2D eigenvalue weighted by Gasteiger charge is 2.65. The smallest absolute Gasteiger partial charge is 0.411 e. The third-order valence-electron chi connectivity index (χ3n) is 8.59. The number of carbonyl (C=O) groups excluding carboxylic acids is 3. The summed E-state index contributed by atoms with van der Waals surface area (Å²) in [6.07, 6.45) is 0.993. The van der Waals surface area contributed by atoms with Crippen molar-refractivity contribution < 1.29 is 37.0 Å². The minimum absolute atomic E-state index is 0.00426. The van der Waals surface area contributed by atoms with Gasteiger partial charge in [-0.15, -0.1) is 6.58 Å². The first-order chi connectivity index (χ1) is 22.8. The lowest BCUT2D eigenvalue weighted by atomic mass is 10.1. The summed E-state index contributed by atoms with van der Waals surface area (Å²) in [6, 6.07) is 15.7. The highest BCUT2D eigenvalue weighted by Crippen LogP contribution is 2.49. The predicted molar refractivity (Wildman–Crippen MR) is 178 cm³/mol. The molecule has 1 aliphatic heterocycles. The number of hydrogen-bond acceptors (Lipinski definition) is 9. The number of methoxy groups -OCH3 is 1. The van der Waals surface area contributed by atoms with E-state index < -0.39 is 56.6 Å². The second kappa shape index (κ2) is 12.4. The van der Waals surface area contributed by atoms with Crippen molar-refractivity contribution in [1.82, 2.24) is 19.9 Å². The highest BCUT2D eigenvalue weighted by atomic mass is 32.2. The van der Waals surface area contributed by atoms with E-state index in [0.717, 1.165) is 5.56 Å². The molecule has 2 amide bonds. The number of carbonyl (C=O) groups is 2. The predicted octanol–water partition coefficient (Wildman–Crippen LogP) is 4.14. The minimum Gasteiger partial charge on any atom is -0.497 e. The fourth-order valence-electron chi connectivity index (χ4n) is 6.04. The number of nitrogens with zero attached hydrogens (tertiary/aromatic N) is 2. The molecule has 4 atom stereocenters. The highest BCUT2D eigenvalue weighted by molar-refractivity contribution is 7.90. The summed E-state index contributed by atoms with van der Waals surface area (Å²) in [5.41, 5.74) is -0.414. The Bertz CT molecular complexity index is 1930. The van der Waals surface area contributed by atoms with Crippen molar-refractivity contribution in [2.75, 3.05) is 13.7 Å². The quantitative estimate of drug-likeness (QED) is 0.184. The average molecular weight is 675 g/mol. The molecule has 2 saturated carbocycles. The van der Waals surface area contributed by atoms with Gasteiger partial charge in [0.05, 0.1) is 41.6 Å². The number of sulfonamides is 1. The number of benzene rings is 2. The fourth-order valence-corrected chi connectivity index (χ4v) is 7.70. The Kier molecular flexibility index (Phi) is 8.57. The number of rotatable bonds is 10. The third kappa shape index (κ3) is 6.53. The van der Waals surface area contributed by atoms with Crippen LogP contribution in [-0.4, -0.2) is 78.6 Å². The molecule has 12 nitrogen and oxygen atoms in total. The molecule has 0 unspecified atom stereocenters. The van der Waals surface area contributed by atoms with Crippen molar-refractivity contribution in [2.24, 2.45) is 5.92 Å². The molecule has 6 rings (SSSR count). The Morgan fingerprint density at radius 3 is 2.46 bits per heavy atom. The van der Waals surface area contributed by atoms with Gasteiger partial charge in [0, 0.05) is 29.5 Å². The molecule has 0 radical (unpaired) electrons. The zero-order valence-corrected chi connectivity index (χ0v) is 28.0. The normalized spacial score (nSPS) is 23.7. The summed E-state index contributed by atoms with van der Waals surface area (Å²) in [5.74, 6) is 1.40. The first kappa shape index (κ1) is 33.2. The molecule has 13 heteroatoms. The van der Waals surface area contributed by atoms with E-state index in [2.05, 4.69) is 16.6 Å². The maximum absolute atomic E-state index is 14.0. The SMILES string of the molecule is C=C[C@H]1C(=C=O)[C@]1(NC(=O)[C@@H]1C[C@@H](Oc2cc(-c3ccccc3)nc3cc(OC)ccc23)CN1C(=O)OC(C)(C)C)NS(=O)(=O)C1CC1.